The lowest BCUT2D eigenvalue weighted by Gasteiger charge is -2.26. The largest absolute Gasteiger partial charge is 0.497 e. The summed E-state index contributed by atoms with van der Waals surface area (Å²) in [6.07, 6.45) is 0.909. The summed E-state index contributed by atoms with van der Waals surface area (Å²) < 4.78 is 7.25. The Balaban J connectivity index is 1.73. The Labute approximate surface area is 182 Å². The van der Waals surface area contributed by atoms with Crippen LogP contribution in [-0.4, -0.2) is 41.5 Å². The molecule has 0 radical (unpaired) electrons. The zero-order valence-electron chi connectivity index (χ0n) is 18.5. The molecule has 1 aliphatic rings. The predicted molar refractivity (Wildman–Crippen MR) is 121 cm³/mol. The Morgan fingerprint density at radius 1 is 1.13 bits per heavy atom. The van der Waals surface area contributed by atoms with E-state index in [0.29, 0.717) is 18.2 Å². The number of ether oxygens (including phenoxy) is 1. The van der Waals surface area contributed by atoms with Crippen molar-refractivity contribution in [2.24, 2.45) is 13.0 Å². The molecule has 0 unspecified atom stereocenters. The average Bonchev–Trinajstić information content (AvgIpc) is 3.21. The van der Waals surface area contributed by atoms with Crippen molar-refractivity contribution >= 4 is 22.7 Å². The van der Waals surface area contributed by atoms with Crippen molar-refractivity contribution < 1.29 is 14.3 Å². The van der Waals surface area contributed by atoms with Crippen molar-refractivity contribution in [2.75, 3.05) is 20.2 Å². The van der Waals surface area contributed by atoms with Crippen molar-refractivity contribution in [1.82, 2.24) is 14.8 Å². The molecule has 2 amide bonds. The Morgan fingerprint density at radius 3 is 2.52 bits per heavy atom. The molecule has 3 aromatic rings. The topological polar surface area (TPSA) is 63.6 Å². The molecule has 1 atom stereocenters. The molecule has 6 nitrogen and oxygen atoms in total. The maximum Gasteiger partial charge on any atom is 0.272 e. The quantitative estimate of drug-likeness (QED) is 0.632. The first-order valence-corrected chi connectivity index (χ1v) is 10.7. The van der Waals surface area contributed by atoms with Crippen LogP contribution in [0.4, 0.5) is 0 Å². The number of aryl methyl sites for hydroxylation is 1. The number of benzene rings is 2. The van der Waals surface area contributed by atoms with E-state index in [2.05, 4.69) is 19.2 Å². The molecule has 162 valence electrons. The fraction of sp³-hybridized carbons (Fsp3) is 0.360. The van der Waals surface area contributed by atoms with E-state index in [1.807, 2.05) is 60.1 Å². The molecule has 0 spiro atoms. The Morgan fingerprint density at radius 2 is 1.84 bits per heavy atom. The van der Waals surface area contributed by atoms with E-state index < -0.39 is 0 Å². The van der Waals surface area contributed by atoms with Gasteiger partial charge in [-0.3, -0.25) is 9.59 Å². The van der Waals surface area contributed by atoms with Crippen molar-refractivity contribution in [3.05, 3.63) is 65.4 Å². The van der Waals surface area contributed by atoms with Gasteiger partial charge in [0.05, 0.1) is 13.2 Å². The molecule has 1 aromatic heterocycles. The van der Waals surface area contributed by atoms with Crippen LogP contribution in [0.5, 0.6) is 5.75 Å². The van der Waals surface area contributed by atoms with Gasteiger partial charge in [0.25, 0.3) is 5.91 Å². The third kappa shape index (κ3) is 3.78. The monoisotopic (exact) mass is 419 g/mol. The van der Waals surface area contributed by atoms with Gasteiger partial charge in [-0.1, -0.05) is 44.2 Å². The number of nitrogens with one attached hydrogen (secondary N) is 1. The highest BCUT2D eigenvalue weighted by molar-refractivity contribution is 6.07. The van der Waals surface area contributed by atoms with Crippen LogP contribution < -0.4 is 10.1 Å². The maximum absolute atomic E-state index is 13.5. The Hall–Kier alpha value is -3.28. The molecule has 0 saturated carbocycles. The van der Waals surface area contributed by atoms with Gasteiger partial charge >= 0.3 is 0 Å². The summed E-state index contributed by atoms with van der Waals surface area (Å²) in [7, 11) is 3.54. The zero-order valence-corrected chi connectivity index (χ0v) is 18.5. The number of para-hydroxylation sites is 1. The van der Waals surface area contributed by atoms with E-state index in [1.54, 1.807) is 12.0 Å². The van der Waals surface area contributed by atoms with E-state index in [1.165, 1.54) is 0 Å². The molecule has 0 bridgehead atoms. The highest BCUT2D eigenvalue weighted by Crippen LogP contribution is 2.43. The van der Waals surface area contributed by atoms with Crippen LogP contribution in [0.2, 0.25) is 0 Å². The van der Waals surface area contributed by atoms with E-state index in [0.717, 1.165) is 34.2 Å². The van der Waals surface area contributed by atoms with E-state index in [-0.39, 0.29) is 24.4 Å². The summed E-state index contributed by atoms with van der Waals surface area (Å²) in [6, 6.07) is 15.4. The molecule has 31 heavy (non-hydrogen) atoms. The molecule has 1 N–H and O–H groups in total. The maximum atomic E-state index is 13.5. The lowest BCUT2D eigenvalue weighted by atomic mass is 9.98. The molecular weight excluding hydrogens is 390 g/mol. The van der Waals surface area contributed by atoms with Gasteiger partial charge in [0.1, 0.15) is 18.0 Å². The Kier molecular flexibility index (Phi) is 5.72. The van der Waals surface area contributed by atoms with E-state index in [9.17, 15) is 9.59 Å². The lowest BCUT2D eigenvalue weighted by molar-refractivity contribution is -0.122. The minimum Gasteiger partial charge on any atom is -0.497 e. The minimum atomic E-state index is -0.324. The van der Waals surface area contributed by atoms with Crippen molar-refractivity contribution in [3.8, 4) is 5.75 Å². The minimum absolute atomic E-state index is 0.0244. The fourth-order valence-electron chi connectivity index (χ4n) is 4.37. The molecule has 6 heteroatoms. The molecule has 0 fully saturated rings. The van der Waals surface area contributed by atoms with E-state index >= 15 is 0 Å². The molecule has 1 aliphatic heterocycles. The first-order valence-electron chi connectivity index (χ1n) is 10.7. The van der Waals surface area contributed by atoms with Crippen LogP contribution >= 0.6 is 0 Å². The number of carbonyl (C=O) groups is 2. The lowest BCUT2D eigenvalue weighted by Crippen LogP contribution is -2.40. The van der Waals surface area contributed by atoms with Gasteiger partial charge in [0, 0.05) is 30.1 Å². The van der Waals surface area contributed by atoms with Crippen LogP contribution in [0.1, 0.15) is 47.9 Å². The first kappa shape index (κ1) is 21.0. The van der Waals surface area contributed by atoms with Gasteiger partial charge in [-0.05, 0) is 36.1 Å². The standard InChI is InChI=1S/C25H29N3O3/c1-16(2)13-14-26-21(29)15-28-23(17-9-11-18(31-4)12-10-17)22-19-7-5-6-8-20(19)27(3)24(22)25(28)30/h5-12,16,23H,13-15H2,1-4H3,(H,26,29)/t23-/m0/s1. The molecule has 0 saturated heterocycles. The van der Waals surface area contributed by atoms with Crippen LogP contribution in [0.25, 0.3) is 10.9 Å². The van der Waals surface area contributed by atoms with Gasteiger partial charge in [-0.15, -0.1) is 0 Å². The van der Waals surface area contributed by atoms with Gasteiger partial charge in [-0.25, -0.2) is 0 Å². The summed E-state index contributed by atoms with van der Waals surface area (Å²) in [5, 5.41) is 4.00. The van der Waals surface area contributed by atoms with Crippen molar-refractivity contribution in [1.29, 1.82) is 0 Å². The van der Waals surface area contributed by atoms with Gasteiger partial charge in [-0.2, -0.15) is 0 Å². The molecule has 0 aliphatic carbocycles. The summed E-state index contributed by atoms with van der Waals surface area (Å²) in [5.41, 5.74) is 3.58. The first-order chi connectivity index (χ1) is 14.9. The van der Waals surface area contributed by atoms with Crippen LogP contribution in [-0.2, 0) is 11.8 Å². The third-order valence-electron chi connectivity index (χ3n) is 5.98. The summed E-state index contributed by atoms with van der Waals surface area (Å²) in [4.78, 5) is 27.9. The highest BCUT2D eigenvalue weighted by Gasteiger charge is 2.42. The summed E-state index contributed by atoms with van der Waals surface area (Å²) in [5.74, 6) is 1.01. The van der Waals surface area contributed by atoms with Crippen molar-refractivity contribution in [3.63, 3.8) is 0 Å². The molecular formula is C25H29N3O3. The number of hydrogen-bond donors (Lipinski definition) is 1. The number of nitrogens with zero attached hydrogens (tertiary/aromatic N) is 2. The number of methoxy groups -OCH3 is 1. The molecule has 4 rings (SSSR count). The van der Waals surface area contributed by atoms with Crippen molar-refractivity contribution in [2.45, 2.75) is 26.3 Å². The SMILES string of the molecule is COc1ccc([C@H]2c3c(n(C)c4ccccc34)C(=O)N2CC(=O)NCCC(C)C)cc1. The predicted octanol–water partition coefficient (Wildman–Crippen LogP) is 3.89. The van der Waals surface area contributed by atoms with Crippen LogP contribution in [0, 0.1) is 5.92 Å². The number of aromatic nitrogens is 1. The second-order valence-electron chi connectivity index (χ2n) is 8.48. The highest BCUT2D eigenvalue weighted by atomic mass is 16.5. The van der Waals surface area contributed by atoms with Gasteiger partial charge < -0.3 is 19.5 Å². The smallest absolute Gasteiger partial charge is 0.272 e. The average molecular weight is 420 g/mol. The number of carbonyl (C=O) groups excluding carboxylic acids is 2. The third-order valence-corrected chi connectivity index (χ3v) is 5.98. The number of hydrogen-bond acceptors (Lipinski definition) is 3. The zero-order chi connectivity index (χ0) is 22.1. The summed E-state index contributed by atoms with van der Waals surface area (Å²) in [6.45, 7) is 4.88. The normalized spacial score (nSPS) is 15.6. The number of fused-ring (bicyclic) bond motifs is 3. The van der Waals surface area contributed by atoms with E-state index in [4.69, 9.17) is 4.74 Å². The van der Waals surface area contributed by atoms with Gasteiger partial charge in [0.15, 0.2) is 0 Å². The second-order valence-corrected chi connectivity index (χ2v) is 8.48. The molecule has 2 heterocycles. The fourth-order valence-corrected chi connectivity index (χ4v) is 4.37. The molecule has 2 aromatic carbocycles. The number of amides is 2. The van der Waals surface area contributed by atoms with Crippen LogP contribution in [0.15, 0.2) is 48.5 Å². The number of rotatable bonds is 7. The second kappa shape index (κ2) is 8.46. The summed E-state index contributed by atoms with van der Waals surface area (Å²) >= 11 is 0. The van der Waals surface area contributed by atoms with Gasteiger partial charge in [0.2, 0.25) is 5.91 Å². The van der Waals surface area contributed by atoms with Crippen LogP contribution in [0.3, 0.4) is 0 Å². The Bertz CT molecular complexity index is 1110.